The van der Waals surface area contributed by atoms with Crippen molar-refractivity contribution in [2.75, 3.05) is 13.1 Å². The molecule has 1 N–H and O–H groups in total. The van der Waals surface area contributed by atoms with Gasteiger partial charge in [-0.1, -0.05) is 6.07 Å². The van der Waals surface area contributed by atoms with Crippen molar-refractivity contribution in [1.29, 1.82) is 0 Å². The number of hydrogen-bond donors (Lipinski definition) is 1. The summed E-state index contributed by atoms with van der Waals surface area (Å²) in [6.07, 6.45) is 0. The Morgan fingerprint density at radius 3 is 2.25 bits per heavy atom. The second-order valence-corrected chi connectivity index (χ2v) is 6.80. The van der Waals surface area contributed by atoms with Gasteiger partial charge in [0.15, 0.2) is 0 Å². The maximum Gasteiger partial charge on any atom is 0.257 e. The highest BCUT2D eigenvalue weighted by atomic mass is 16.5. The van der Waals surface area contributed by atoms with Gasteiger partial charge in [0.25, 0.3) is 5.91 Å². The SMILES string of the molecule is Cc1ccc(C(=O)N2CC(C)(C)OC(C)(C)C2)c(O)c1. The molecule has 1 aliphatic heterocycles. The van der Waals surface area contributed by atoms with Crippen LogP contribution in [0.5, 0.6) is 5.75 Å². The predicted octanol–water partition coefficient (Wildman–Crippen LogP) is 2.73. The maximum atomic E-state index is 12.6. The molecule has 1 aromatic rings. The summed E-state index contributed by atoms with van der Waals surface area (Å²) in [6.45, 7) is 10.8. The zero-order valence-electron chi connectivity index (χ0n) is 12.9. The summed E-state index contributed by atoms with van der Waals surface area (Å²) >= 11 is 0. The van der Waals surface area contributed by atoms with E-state index in [0.717, 1.165) is 5.56 Å². The Labute approximate surface area is 120 Å². The van der Waals surface area contributed by atoms with Crippen molar-refractivity contribution in [3.8, 4) is 5.75 Å². The molecule has 1 saturated heterocycles. The van der Waals surface area contributed by atoms with Crippen molar-refractivity contribution in [1.82, 2.24) is 4.90 Å². The van der Waals surface area contributed by atoms with Gasteiger partial charge in [0.1, 0.15) is 5.75 Å². The van der Waals surface area contributed by atoms with E-state index in [2.05, 4.69) is 0 Å². The summed E-state index contributed by atoms with van der Waals surface area (Å²) in [5.74, 6) is -0.107. The van der Waals surface area contributed by atoms with Crippen LogP contribution >= 0.6 is 0 Å². The van der Waals surface area contributed by atoms with Crippen molar-refractivity contribution >= 4 is 5.91 Å². The molecule has 0 bridgehead atoms. The zero-order chi connectivity index (χ0) is 15.1. The van der Waals surface area contributed by atoms with E-state index in [9.17, 15) is 9.90 Å². The largest absolute Gasteiger partial charge is 0.507 e. The minimum Gasteiger partial charge on any atom is -0.507 e. The molecule has 1 heterocycles. The van der Waals surface area contributed by atoms with Gasteiger partial charge in [-0.2, -0.15) is 0 Å². The molecule has 110 valence electrons. The first-order valence-electron chi connectivity index (χ1n) is 6.89. The molecule has 0 unspecified atom stereocenters. The molecule has 4 nitrogen and oxygen atoms in total. The number of ether oxygens (including phenoxy) is 1. The highest BCUT2D eigenvalue weighted by molar-refractivity contribution is 5.97. The Hall–Kier alpha value is -1.55. The van der Waals surface area contributed by atoms with E-state index in [1.54, 1.807) is 17.0 Å². The number of phenols is 1. The average molecular weight is 277 g/mol. The lowest BCUT2D eigenvalue weighted by atomic mass is 9.98. The van der Waals surface area contributed by atoms with Crippen LogP contribution in [-0.4, -0.2) is 40.2 Å². The number of morpholine rings is 1. The van der Waals surface area contributed by atoms with E-state index >= 15 is 0 Å². The molecule has 1 amide bonds. The van der Waals surface area contributed by atoms with E-state index in [0.29, 0.717) is 18.7 Å². The summed E-state index contributed by atoms with van der Waals surface area (Å²) in [6, 6.07) is 5.14. The van der Waals surface area contributed by atoms with E-state index in [4.69, 9.17) is 4.74 Å². The Bertz CT molecular complexity index is 519. The zero-order valence-corrected chi connectivity index (χ0v) is 12.9. The molecule has 0 radical (unpaired) electrons. The number of phenolic OH excluding ortho intramolecular Hbond substituents is 1. The number of aryl methyl sites for hydroxylation is 1. The fourth-order valence-electron chi connectivity index (χ4n) is 2.92. The van der Waals surface area contributed by atoms with Crippen molar-refractivity contribution in [2.45, 2.75) is 45.8 Å². The lowest BCUT2D eigenvalue weighted by molar-refractivity contribution is -0.171. The maximum absolute atomic E-state index is 12.6. The van der Waals surface area contributed by atoms with Crippen LogP contribution in [0, 0.1) is 6.92 Å². The third-order valence-corrected chi connectivity index (χ3v) is 3.37. The van der Waals surface area contributed by atoms with Gasteiger partial charge in [0.05, 0.1) is 16.8 Å². The number of nitrogens with zero attached hydrogens (tertiary/aromatic N) is 1. The number of carbonyl (C=O) groups is 1. The average Bonchev–Trinajstić information content (AvgIpc) is 2.23. The fourth-order valence-corrected chi connectivity index (χ4v) is 2.92. The fraction of sp³-hybridized carbons (Fsp3) is 0.562. The lowest BCUT2D eigenvalue weighted by Crippen LogP contribution is -2.58. The van der Waals surface area contributed by atoms with Crippen LogP contribution in [0.3, 0.4) is 0 Å². The van der Waals surface area contributed by atoms with Crippen molar-refractivity contribution in [3.63, 3.8) is 0 Å². The van der Waals surface area contributed by atoms with Gasteiger partial charge in [-0.05, 0) is 52.3 Å². The molecule has 4 heteroatoms. The summed E-state index contributed by atoms with van der Waals surface area (Å²) in [5, 5.41) is 9.97. The normalized spacial score (nSPS) is 20.8. The molecule has 1 aliphatic rings. The molecule has 0 spiro atoms. The Morgan fingerprint density at radius 2 is 1.75 bits per heavy atom. The molecular formula is C16H23NO3. The molecule has 0 atom stereocenters. The molecule has 1 fully saturated rings. The summed E-state index contributed by atoms with van der Waals surface area (Å²) in [4.78, 5) is 14.4. The Morgan fingerprint density at radius 1 is 1.20 bits per heavy atom. The van der Waals surface area contributed by atoms with Crippen molar-refractivity contribution in [2.24, 2.45) is 0 Å². The molecule has 2 rings (SSSR count). The third kappa shape index (κ3) is 3.12. The number of carbonyl (C=O) groups excluding carboxylic acids is 1. The van der Waals surface area contributed by atoms with Crippen LogP contribution < -0.4 is 0 Å². The van der Waals surface area contributed by atoms with Crippen LogP contribution in [-0.2, 0) is 4.74 Å². The molecule has 0 aromatic heterocycles. The quantitative estimate of drug-likeness (QED) is 0.858. The van der Waals surface area contributed by atoms with Crippen LogP contribution in [0.15, 0.2) is 18.2 Å². The number of aromatic hydroxyl groups is 1. The van der Waals surface area contributed by atoms with E-state index in [1.165, 1.54) is 0 Å². The molecule has 20 heavy (non-hydrogen) atoms. The predicted molar refractivity (Wildman–Crippen MR) is 78.0 cm³/mol. The standard InChI is InChI=1S/C16H23NO3/c1-11-6-7-12(13(18)8-11)14(19)17-9-15(2,3)20-16(4,5)10-17/h6-8,18H,9-10H2,1-5H3. The van der Waals surface area contributed by atoms with Crippen LogP contribution in [0.25, 0.3) is 0 Å². The topological polar surface area (TPSA) is 49.8 Å². The van der Waals surface area contributed by atoms with Gasteiger partial charge in [-0.15, -0.1) is 0 Å². The first-order chi connectivity index (χ1) is 9.10. The summed E-state index contributed by atoms with van der Waals surface area (Å²) < 4.78 is 5.97. The molecule has 1 aromatic carbocycles. The van der Waals surface area contributed by atoms with Gasteiger partial charge in [0, 0.05) is 13.1 Å². The van der Waals surface area contributed by atoms with Crippen molar-refractivity contribution in [3.05, 3.63) is 29.3 Å². The number of amides is 1. The smallest absolute Gasteiger partial charge is 0.257 e. The van der Waals surface area contributed by atoms with Gasteiger partial charge in [0.2, 0.25) is 0 Å². The number of hydrogen-bond acceptors (Lipinski definition) is 3. The van der Waals surface area contributed by atoms with Gasteiger partial charge < -0.3 is 14.7 Å². The first-order valence-corrected chi connectivity index (χ1v) is 6.89. The van der Waals surface area contributed by atoms with Crippen LogP contribution in [0.2, 0.25) is 0 Å². The third-order valence-electron chi connectivity index (χ3n) is 3.37. The molecule has 0 aliphatic carbocycles. The first kappa shape index (κ1) is 14.9. The highest BCUT2D eigenvalue weighted by Crippen LogP contribution is 2.30. The highest BCUT2D eigenvalue weighted by Gasteiger charge is 2.40. The second-order valence-electron chi connectivity index (χ2n) is 6.80. The Balaban J connectivity index is 2.28. The molecule has 0 saturated carbocycles. The second kappa shape index (κ2) is 4.77. The lowest BCUT2D eigenvalue weighted by Gasteiger charge is -2.47. The number of rotatable bonds is 1. The van der Waals surface area contributed by atoms with Gasteiger partial charge in [-0.25, -0.2) is 0 Å². The van der Waals surface area contributed by atoms with Gasteiger partial charge >= 0.3 is 0 Å². The van der Waals surface area contributed by atoms with E-state index in [1.807, 2.05) is 40.7 Å². The number of benzene rings is 1. The van der Waals surface area contributed by atoms with E-state index < -0.39 is 11.2 Å². The van der Waals surface area contributed by atoms with E-state index in [-0.39, 0.29) is 11.7 Å². The van der Waals surface area contributed by atoms with Gasteiger partial charge in [-0.3, -0.25) is 4.79 Å². The monoisotopic (exact) mass is 277 g/mol. The van der Waals surface area contributed by atoms with Crippen LogP contribution in [0.1, 0.15) is 43.6 Å². The summed E-state index contributed by atoms with van der Waals surface area (Å²) in [7, 11) is 0. The Kier molecular flexibility index (Phi) is 3.54. The van der Waals surface area contributed by atoms with Crippen molar-refractivity contribution < 1.29 is 14.6 Å². The minimum atomic E-state index is -0.391. The summed E-state index contributed by atoms with van der Waals surface area (Å²) in [5.41, 5.74) is 0.501. The van der Waals surface area contributed by atoms with Crippen LogP contribution in [0.4, 0.5) is 0 Å². The molecular weight excluding hydrogens is 254 g/mol. The minimum absolute atomic E-state index is 0.0390.